The highest BCUT2D eigenvalue weighted by Crippen LogP contribution is 2.32. The third-order valence-electron chi connectivity index (χ3n) is 2.51. The zero-order valence-electron chi connectivity index (χ0n) is 10.2. The van der Waals surface area contributed by atoms with Crippen molar-refractivity contribution in [2.75, 3.05) is 13.7 Å². The Balaban J connectivity index is 3.05. The van der Waals surface area contributed by atoms with Crippen molar-refractivity contribution in [2.45, 2.75) is 12.5 Å². The third kappa shape index (κ3) is 3.62. The first-order chi connectivity index (χ1) is 8.83. The van der Waals surface area contributed by atoms with Gasteiger partial charge in [-0.25, -0.2) is 4.39 Å². The Labute approximate surface area is 117 Å². The molecule has 1 atom stereocenters. The maximum atomic E-state index is 13.4. The van der Waals surface area contributed by atoms with E-state index in [2.05, 4.69) is 21.2 Å². The largest absolute Gasteiger partial charge is 0.484 e. The second-order valence-electron chi connectivity index (χ2n) is 3.97. The van der Waals surface area contributed by atoms with Crippen molar-refractivity contribution >= 4 is 21.6 Å². The molecule has 0 aliphatic rings. The Morgan fingerprint density at radius 3 is 2.79 bits per heavy atom. The Morgan fingerprint density at radius 1 is 1.68 bits per heavy atom. The highest BCUT2D eigenvalue weighted by molar-refractivity contribution is 9.10. The lowest BCUT2D eigenvalue weighted by Crippen LogP contribution is -2.43. The molecule has 0 aromatic heterocycles. The minimum Gasteiger partial charge on any atom is -0.484 e. The molecule has 0 heterocycles. The van der Waals surface area contributed by atoms with Crippen molar-refractivity contribution in [3.8, 4) is 11.8 Å². The monoisotopic (exact) mass is 331 g/mol. The Morgan fingerprint density at radius 2 is 2.32 bits per heavy atom. The summed E-state index contributed by atoms with van der Waals surface area (Å²) in [5.74, 6) is -0.897. The van der Waals surface area contributed by atoms with Gasteiger partial charge >= 0.3 is 5.69 Å². The highest BCUT2D eigenvalue weighted by Gasteiger charge is 2.25. The summed E-state index contributed by atoms with van der Waals surface area (Å²) >= 11 is 2.87. The second-order valence-corrected chi connectivity index (χ2v) is 4.83. The summed E-state index contributed by atoms with van der Waals surface area (Å²) in [6, 6.07) is 3.90. The SMILES string of the molecule is CNC(C)(C#N)COc1cc(F)c(Br)cc1[N+](=O)[O-]. The Kier molecular flexibility index (Phi) is 4.80. The molecule has 1 aromatic rings. The van der Waals surface area contributed by atoms with Gasteiger partial charge in [0.25, 0.3) is 0 Å². The standard InChI is InChI=1S/C11H11BrFN3O3/c1-11(5-14,15-2)6-19-10-4-8(13)7(12)3-9(10)16(17)18/h3-4,15H,6H2,1-2H3. The maximum absolute atomic E-state index is 13.4. The van der Waals surface area contributed by atoms with Gasteiger partial charge in [-0.1, -0.05) is 0 Å². The van der Waals surface area contributed by atoms with Gasteiger partial charge in [0.05, 0.1) is 15.5 Å². The lowest BCUT2D eigenvalue weighted by atomic mass is 10.1. The van der Waals surface area contributed by atoms with E-state index in [9.17, 15) is 14.5 Å². The van der Waals surface area contributed by atoms with Gasteiger partial charge in [0, 0.05) is 12.1 Å². The minimum atomic E-state index is -1.02. The third-order valence-corrected chi connectivity index (χ3v) is 3.12. The number of nitrogens with one attached hydrogen (secondary N) is 1. The van der Waals surface area contributed by atoms with Gasteiger partial charge in [-0.2, -0.15) is 5.26 Å². The van der Waals surface area contributed by atoms with Crippen molar-refractivity contribution < 1.29 is 14.1 Å². The average molecular weight is 332 g/mol. The molecule has 0 saturated carbocycles. The van der Waals surface area contributed by atoms with E-state index in [-0.39, 0.29) is 22.5 Å². The van der Waals surface area contributed by atoms with E-state index >= 15 is 0 Å². The number of nitrogens with zero attached hydrogens (tertiary/aromatic N) is 2. The van der Waals surface area contributed by atoms with Crippen LogP contribution in [-0.2, 0) is 0 Å². The zero-order chi connectivity index (χ0) is 14.6. The molecule has 102 valence electrons. The van der Waals surface area contributed by atoms with Crippen LogP contribution >= 0.6 is 15.9 Å². The van der Waals surface area contributed by atoms with Crippen LogP contribution in [0, 0.1) is 27.3 Å². The van der Waals surface area contributed by atoms with E-state index < -0.39 is 16.3 Å². The molecule has 0 aliphatic heterocycles. The molecule has 6 nitrogen and oxygen atoms in total. The molecular weight excluding hydrogens is 321 g/mol. The fourth-order valence-electron chi connectivity index (χ4n) is 1.16. The van der Waals surface area contributed by atoms with Gasteiger partial charge in [0.15, 0.2) is 5.75 Å². The molecule has 19 heavy (non-hydrogen) atoms. The fraction of sp³-hybridized carbons (Fsp3) is 0.364. The molecule has 1 unspecified atom stereocenters. The first kappa shape index (κ1) is 15.3. The lowest BCUT2D eigenvalue weighted by molar-refractivity contribution is -0.386. The predicted octanol–water partition coefficient (Wildman–Crippen LogP) is 2.38. The molecular formula is C11H11BrFN3O3. The van der Waals surface area contributed by atoms with Crippen LogP contribution in [-0.4, -0.2) is 24.1 Å². The number of halogens is 2. The van der Waals surface area contributed by atoms with E-state index in [1.807, 2.05) is 6.07 Å². The molecule has 1 N–H and O–H groups in total. The van der Waals surface area contributed by atoms with Crippen molar-refractivity contribution in [3.05, 3.63) is 32.5 Å². The number of ether oxygens (including phenoxy) is 1. The van der Waals surface area contributed by atoms with Crippen LogP contribution in [0.3, 0.4) is 0 Å². The quantitative estimate of drug-likeness (QED) is 0.661. The Hall–Kier alpha value is -1.72. The van der Waals surface area contributed by atoms with Crippen LogP contribution in [0.5, 0.6) is 5.75 Å². The Bertz CT molecular complexity index is 547. The van der Waals surface area contributed by atoms with Gasteiger partial charge in [-0.05, 0) is 29.9 Å². The van der Waals surface area contributed by atoms with Crippen LogP contribution in [0.2, 0.25) is 0 Å². The van der Waals surface area contributed by atoms with E-state index in [0.29, 0.717) is 0 Å². The van der Waals surface area contributed by atoms with Gasteiger partial charge in [0.2, 0.25) is 0 Å². The number of rotatable bonds is 5. The van der Waals surface area contributed by atoms with Gasteiger partial charge in [0.1, 0.15) is 18.0 Å². The van der Waals surface area contributed by atoms with E-state index in [1.165, 1.54) is 0 Å². The van der Waals surface area contributed by atoms with E-state index in [0.717, 1.165) is 12.1 Å². The summed E-state index contributed by atoms with van der Waals surface area (Å²) in [7, 11) is 1.56. The smallest absolute Gasteiger partial charge is 0.312 e. The molecule has 1 rings (SSSR count). The van der Waals surface area contributed by atoms with Crippen molar-refractivity contribution in [1.82, 2.24) is 5.32 Å². The summed E-state index contributed by atoms with van der Waals surface area (Å²) in [4.78, 5) is 10.2. The number of nitro groups is 1. The number of likely N-dealkylation sites (N-methyl/N-ethyl adjacent to an activating group) is 1. The fourth-order valence-corrected chi connectivity index (χ4v) is 1.49. The first-order valence-electron chi connectivity index (χ1n) is 5.19. The number of benzene rings is 1. The predicted molar refractivity (Wildman–Crippen MR) is 69.3 cm³/mol. The zero-order valence-corrected chi connectivity index (χ0v) is 11.8. The molecule has 8 heteroatoms. The van der Waals surface area contributed by atoms with Crippen molar-refractivity contribution in [2.24, 2.45) is 0 Å². The average Bonchev–Trinajstić information content (AvgIpc) is 2.39. The summed E-state index contributed by atoms with van der Waals surface area (Å²) in [5.41, 5.74) is -1.39. The van der Waals surface area contributed by atoms with Crippen molar-refractivity contribution in [3.63, 3.8) is 0 Å². The lowest BCUT2D eigenvalue weighted by Gasteiger charge is -2.20. The molecule has 1 aromatic carbocycles. The van der Waals surface area contributed by atoms with Gasteiger partial charge in [-0.15, -0.1) is 0 Å². The number of hydrogen-bond acceptors (Lipinski definition) is 5. The van der Waals surface area contributed by atoms with E-state index in [1.54, 1.807) is 14.0 Å². The molecule has 0 aliphatic carbocycles. The normalized spacial score (nSPS) is 13.4. The molecule has 0 spiro atoms. The van der Waals surface area contributed by atoms with Crippen LogP contribution in [0.15, 0.2) is 16.6 Å². The number of nitro benzene ring substituents is 1. The number of hydrogen-bond donors (Lipinski definition) is 1. The minimum absolute atomic E-state index is 0.0248. The van der Waals surface area contributed by atoms with Crippen molar-refractivity contribution in [1.29, 1.82) is 5.26 Å². The van der Waals surface area contributed by atoms with Gasteiger partial charge in [-0.3, -0.25) is 15.4 Å². The van der Waals surface area contributed by atoms with Crippen LogP contribution in [0.25, 0.3) is 0 Å². The van der Waals surface area contributed by atoms with E-state index in [4.69, 9.17) is 10.00 Å². The molecule has 0 amide bonds. The summed E-state index contributed by atoms with van der Waals surface area (Å²) in [6.07, 6.45) is 0. The second kappa shape index (κ2) is 5.95. The summed E-state index contributed by atoms with van der Waals surface area (Å²) in [5, 5.41) is 22.5. The molecule has 0 fully saturated rings. The first-order valence-corrected chi connectivity index (χ1v) is 5.98. The highest BCUT2D eigenvalue weighted by atomic mass is 79.9. The molecule has 0 saturated heterocycles. The van der Waals surface area contributed by atoms with Crippen LogP contribution in [0.1, 0.15) is 6.92 Å². The summed E-state index contributed by atoms with van der Waals surface area (Å²) < 4.78 is 18.5. The number of nitriles is 1. The molecule has 0 radical (unpaired) electrons. The topological polar surface area (TPSA) is 88.2 Å². The summed E-state index contributed by atoms with van der Waals surface area (Å²) in [6.45, 7) is 1.41. The van der Waals surface area contributed by atoms with Crippen LogP contribution in [0.4, 0.5) is 10.1 Å². The molecule has 0 bridgehead atoms. The maximum Gasteiger partial charge on any atom is 0.312 e. The van der Waals surface area contributed by atoms with Crippen LogP contribution < -0.4 is 10.1 Å². The van der Waals surface area contributed by atoms with Gasteiger partial charge < -0.3 is 4.74 Å².